The van der Waals surface area contributed by atoms with Gasteiger partial charge in [0.25, 0.3) is 0 Å². The van der Waals surface area contributed by atoms with Crippen LogP contribution in [0.3, 0.4) is 0 Å². The third-order valence-corrected chi connectivity index (χ3v) is 5.38. The van der Waals surface area contributed by atoms with Crippen molar-refractivity contribution in [3.63, 3.8) is 0 Å². The summed E-state index contributed by atoms with van der Waals surface area (Å²) in [6.07, 6.45) is 1.05. The summed E-state index contributed by atoms with van der Waals surface area (Å²) in [6.45, 7) is 3.47. The molecular formula is C21H28N2O6S. The van der Waals surface area contributed by atoms with Crippen LogP contribution < -0.4 is 23.8 Å². The Morgan fingerprint density at radius 2 is 1.70 bits per heavy atom. The number of benzene rings is 2. The minimum absolute atomic E-state index is 0.227. The van der Waals surface area contributed by atoms with E-state index >= 15 is 0 Å². The number of carbonyl (C=O) groups excluding carboxylic acids is 1. The predicted molar refractivity (Wildman–Crippen MR) is 116 cm³/mol. The van der Waals surface area contributed by atoms with Crippen molar-refractivity contribution in [2.24, 2.45) is 0 Å². The molecule has 0 heterocycles. The van der Waals surface area contributed by atoms with Crippen molar-refractivity contribution in [3.8, 4) is 17.2 Å². The Kier molecular flexibility index (Phi) is 7.93. The summed E-state index contributed by atoms with van der Waals surface area (Å²) in [5.41, 5.74) is 1.17. The van der Waals surface area contributed by atoms with E-state index in [2.05, 4.69) is 5.32 Å². The summed E-state index contributed by atoms with van der Waals surface area (Å²) < 4.78 is 41.8. The number of aryl methyl sites for hydroxylation is 1. The molecular weight excluding hydrogens is 408 g/mol. The van der Waals surface area contributed by atoms with Crippen molar-refractivity contribution in [1.29, 1.82) is 0 Å². The number of nitrogens with zero attached hydrogens (tertiary/aromatic N) is 1. The van der Waals surface area contributed by atoms with Gasteiger partial charge in [0, 0.05) is 0 Å². The van der Waals surface area contributed by atoms with E-state index in [1.165, 1.54) is 7.11 Å². The summed E-state index contributed by atoms with van der Waals surface area (Å²) in [5, 5.41) is 2.76. The maximum absolute atomic E-state index is 12.5. The van der Waals surface area contributed by atoms with E-state index in [-0.39, 0.29) is 19.2 Å². The van der Waals surface area contributed by atoms with Gasteiger partial charge >= 0.3 is 0 Å². The molecule has 0 spiro atoms. The quantitative estimate of drug-likeness (QED) is 0.615. The van der Waals surface area contributed by atoms with Gasteiger partial charge in [0.2, 0.25) is 15.9 Å². The third kappa shape index (κ3) is 6.55. The van der Waals surface area contributed by atoms with Crippen LogP contribution in [0.2, 0.25) is 0 Å². The van der Waals surface area contributed by atoms with Crippen molar-refractivity contribution in [2.45, 2.75) is 19.9 Å². The fraction of sp³-hybridized carbons (Fsp3) is 0.381. The van der Waals surface area contributed by atoms with Gasteiger partial charge in [-0.1, -0.05) is 6.07 Å². The van der Waals surface area contributed by atoms with Gasteiger partial charge < -0.3 is 19.5 Å². The number of carbonyl (C=O) groups is 1. The molecule has 164 valence electrons. The molecule has 8 nitrogen and oxygen atoms in total. The highest BCUT2D eigenvalue weighted by Gasteiger charge is 2.24. The number of ether oxygens (including phenoxy) is 3. The van der Waals surface area contributed by atoms with Gasteiger partial charge in [-0.25, -0.2) is 8.42 Å². The maximum Gasteiger partial charge on any atom is 0.241 e. The van der Waals surface area contributed by atoms with Crippen LogP contribution >= 0.6 is 0 Å². The fourth-order valence-corrected chi connectivity index (χ4v) is 3.61. The highest BCUT2D eigenvalue weighted by Crippen LogP contribution is 2.30. The van der Waals surface area contributed by atoms with Gasteiger partial charge in [0.05, 0.1) is 32.2 Å². The molecule has 2 rings (SSSR count). The first-order valence-electron chi connectivity index (χ1n) is 9.32. The molecule has 0 aliphatic rings. The topological polar surface area (TPSA) is 94.2 Å². The van der Waals surface area contributed by atoms with Crippen molar-refractivity contribution in [3.05, 3.63) is 48.0 Å². The van der Waals surface area contributed by atoms with Gasteiger partial charge in [-0.15, -0.1) is 0 Å². The summed E-state index contributed by atoms with van der Waals surface area (Å²) in [5.74, 6) is 1.28. The fourth-order valence-electron chi connectivity index (χ4n) is 2.76. The average molecular weight is 437 g/mol. The number of methoxy groups -OCH3 is 2. The zero-order valence-electron chi connectivity index (χ0n) is 17.8. The lowest BCUT2D eigenvalue weighted by atomic mass is 10.2. The van der Waals surface area contributed by atoms with E-state index < -0.39 is 15.9 Å². The van der Waals surface area contributed by atoms with Crippen LogP contribution in [0.15, 0.2) is 42.5 Å². The monoisotopic (exact) mass is 436 g/mol. The highest BCUT2D eigenvalue weighted by molar-refractivity contribution is 7.92. The molecule has 30 heavy (non-hydrogen) atoms. The molecule has 0 aliphatic carbocycles. The molecule has 0 radical (unpaired) electrons. The van der Waals surface area contributed by atoms with E-state index in [9.17, 15) is 13.2 Å². The number of nitrogens with one attached hydrogen (secondary N) is 1. The van der Waals surface area contributed by atoms with Crippen molar-refractivity contribution in [1.82, 2.24) is 5.32 Å². The largest absolute Gasteiger partial charge is 0.497 e. The lowest BCUT2D eigenvalue weighted by Crippen LogP contribution is -2.45. The molecule has 1 unspecified atom stereocenters. The second kappa shape index (κ2) is 10.2. The minimum Gasteiger partial charge on any atom is -0.497 e. The Hall–Kier alpha value is -2.94. The van der Waals surface area contributed by atoms with E-state index in [4.69, 9.17) is 14.2 Å². The van der Waals surface area contributed by atoms with E-state index in [1.807, 2.05) is 6.92 Å². The van der Waals surface area contributed by atoms with Crippen molar-refractivity contribution >= 4 is 21.6 Å². The highest BCUT2D eigenvalue weighted by atomic mass is 32.2. The molecule has 0 saturated heterocycles. The molecule has 0 aliphatic heterocycles. The lowest BCUT2D eigenvalue weighted by Gasteiger charge is -2.25. The van der Waals surface area contributed by atoms with Crippen LogP contribution in [-0.2, 0) is 14.8 Å². The molecule has 1 amide bonds. The summed E-state index contributed by atoms with van der Waals surface area (Å²) in [7, 11) is -0.676. The predicted octanol–water partition coefficient (Wildman–Crippen LogP) is 2.36. The molecule has 0 saturated carbocycles. The Labute approximate surface area is 177 Å². The van der Waals surface area contributed by atoms with E-state index in [1.54, 1.807) is 56.5 Å². The molecule has 0 fully saturated rings. The molecule has 0 bridgehead atoms. The Morgan fingerprint density at radius 3 is 2.27 bits per heavy atom. The van der Waals surface area contributed by atoms with Gasteiger partial charge in [-0.2, -0.15) is 0 Å². The van der Waals surface area contributed by atoms with Crippen molar-refractivity contribution < 1.29 is 27.4 Å². The van der Waals surface area contributed by atoms with Gasteiger partial charge in [-0.05, 0) is 55.8 Å². The summed E-state index contributed by atoms with van der Waals surface area (Å²) in [6, 6.07) is 11.9. The Morgan fingerprint density at radius 1 is 1.07 bits per heavy atom. The third-order valence-electron chi connectivity index (χ3n) is 4.26. The number of hydrogen-bond acceptors (Lipinski definition) is 6. The van der Waals surface area contributed by atoms with Crippen molar-refractivity contribution in [2.75, 3.05) is 37.9 Å². The van der Waals surface area contributed by atoms with Gasteiger partial charge in [-0.3, -0.25) is 9.10 Å². The SMILES string of the molecule is COc1ccc(OCC(C)NC(=O)CN(c2cc(C)ccc2OC)S(C)(=O)=O)cc1. The number of anilines is 1. The molecule has 9 heteroatoms. The van der Waals surface area contributed by atoms with E-state index in [0.29, 0.717) is 17.2 Å². The minimum atomic E-state index is -3.71. The van der Waals surface area contributed by atoms with Gasteiger partial charge in [0.15, 0.2) is 0 Å². The van der Waals surface area contributed by atoms with Crippen LogP contribution in [0.25, 0.3) is 0 Å². The molecule has 1 N–H and O–H groups in total. The number of sulfonamides is 1. The number of amides is 1. The Bertz CT molecular complexity index is 960. The van der Waals surface area contributed by atoms with Crippen LogP contribution in [0.5, 0.6) is 17.2 Å². The number of hydrogen-bond donors (Lipinski definition) is 1. The van der Waals surface area contributed by atoms with Crippen LogP contribution in [-0.4, -0.2) is 54.0 Å². The molecule has 2 aromatic carbocycles. The normalized spacial score (nSPS) is 12.0. The second-order valence-electron chi connectivity index (χ2n) is 6.90. The summed E-state index contributed by atoms with van der Waals surface area (Å²) in [4.78, 5) is 12.5. The molecule has 1 atom stereocenters. The van der Waals surface area contributed by atoms with Gasteiger partial charge in [0.1, 0.15) is 30.4 Å². The zero-order valence-corrected chi connectivity index (χ0v) is 18.7. The van der Waals surface area contributed by atoms with Crippen LogP contribution in [0.4, 0.5) is 5.69 Å². The maximum atomic E-state index is 12.5. The Balaban J connectivity index is 2.03. The lowest BCUT2D eigenvalue weighted by molar-refractivity contribution is -0.120. The smallest absolute Gasteiger partial charge is 0.241 e. The number of rotatable bonds is 10. The van der Waals surface area contributed by atoms with Crippen LogP contribution in [0.1, 0.15) is 12.5 Å². The first kappa shape index (κ1) is 23.3. The zero-order chi connectivity index (χ0) is 22.3. The molecule has 2 aromatic rings. The van der Waals surface area contributed by atoms with E-state index in [0.717, 1.165) is 21.9 Å². The summed E-state index contributed by atoms with van der Waals surface area (Å²) >= 11 is 0. The first-order valence-corrected chi connectivity index (χ1v) is 11.2. The average Bonchev–Trinajstić information content (AvgIpc) is 2.70. The first-order chi connectivity index (χ1) is 14.1. The van der Waals surface area contributed by atoms with Crippen LogP contribution in [0, 0.1) is 6.92 Å². The standard InChI is InChI=1S/C21H28N2O6S/c1-15-6-11-20(28-4)19(12-15)23(30(5,25)26)13-21(24)22-16(2)14-29-18-9-7-17(27-3)8-10-18/h6-12,16H,13-14H2,1-5H3,(H,22,24). The second-order valence-corrected chi connectivity index (χ2v) is 8.81. The molecule has 0 aromatic heterocycles.